The fraction of sp³-hybridized carbons (Fsp3) is 0.500. The van der Waals surface area contributed by atoms with Gasteiger partial charge in [-0.15, -0.1) is 0 Å². The van der Waals surface area contributed by atoms with Crippen molar-refractivity contribution in [1.82, 2.24) is 0 Å². The van der Waals surface area contributed by atoms with E-state index in [4.69, 9.17) is 0 Å². The van der Waals surface area contributed by atoms with Gasteiger partial charge in [0.25, 0.3) is 5.91 Å². The van der Waals surface area contributed by atoms with Crippen molar-refractivity contribution < 1.29 is 18.5 Å². The van der Waals surface area contributed by atoms with Gasteiger partial charge in [0.05, 0.1) is 12.6 Å². The van der Waals surface area contributed by atoms with Crippen LogP contribution in [0.25, 0.3) is 0 Å². The first-order valence-electron chi connectivity index (χ1n) is 6.66. The molecule has 1 unspecified atom stereocenters. The highest BCUT2D eigenvalue weighted by Crippen LogP contribution is 2.17. The Bertz CT molecular complexity index is 445. The topological polar surface area (TPSA) is 33.5 Å². The molecule has 104 valence electrons. The van der Waals surface area contributed by atoms with Crippen molar-refractivity contribution in [3.8, 4) is 0 Å². The van der Waals surface area contributed by atoms with Gasteiger partial charge in [0.1, 0.15) is 17.3 Å². The second-order valence-electron chi connectivity index (χ2n) is 5.13. The van der Waals surface area contributed by atoms with E-state index in [1.165, 1.54) is 17.4 Å². The molecular weight excluding hydrogens is 250 g/mol. The van der Waals surface area contributed by atoms with Gasteiger partial charge in [-0.1, -0.05) is 6.07 Å². The second kappa shape index (κ2) is 6.10. The average Bonchev–Trinajstić information content (AvgIpc) is 2.37. The summed E-state index contributed by atoms with van der Waals surface area (Å²) in [6, 6.07) is 3.97. The van der Waals surface area contributed by atoms with E-state index in [9.17, 15) is 13.6 Å². The van der Waals surface area contributed by atoms with Crippen LogP contribution in [0.1, 0.15) is 26.2 Å². The number of carbonyl (C=O) groups excluding carboxylic acids is 1. The molecule has 1 amide bonds. The van der Waals surface area contributed by atoms with E-state index in [1.54, 1.807) is 0 Å². The quantitative estimate of drug-likeness (QED) is 0.853. The van der Waals surface area contributed by atoms with Crippen molar-refractivity contribution in [3.05, 3.63) is 29.8 Å². The SMILES string of the molecule is C[C@@H]1CCCC[NH+]1CC(=O)Nc1c(F)cccc1F. The third-order valence-electron chi connectivity index (χ3n) is 3.70. The summed E-state index contributed by atoms with van der Waals surface area (Å²) in [5.74, 6) is -1.82. The zero-order valence-corrected chi connectivity index (χ0v) is 11.0. The Kier molecular flexibility index (Phi) is 4.47. The number of halogens is 2. The summed E-state index contributed by atoms with van der Waals surface area (Å²) >= 11 is 0. The first-order valence-corrected chi connectivity index (χ1v) is 6.66. The third kappa shape index (κ3) is 3.50. The monoisotopic (exact) mass is 269 g/mol. The zero-order chi connectivity index (χ0) is 13.8. The summed E-state index contributed by atoms with van der Waals surface area (Å²) in [6.45, 7) is 3.30. The van der Waals surface area contributed by atoms with Crippen molar-refractivity contribution in [2.45, 2.75) is 32.2 Å². The van der Waals surface area contributed by atoms with Crippen LogP contribution >= 0.6 is 0 Å². The lowest BCUT2D eigenvalue weighted by Crippen LogP contribution is -3.17. The third-order valence-corrected chi connectivity index (χ3v) is 3.70. The fourth-order valence-corrected chi connectivity index (χ4v) is 2.52. The molecule has 2 atom stereocenters. The molecule has 0 radical (unpaired) electrons. The number of amides is 1. The van der Waals surface area contributed by atoms with Gasteiger partial charge in [-0.3, -0.25) is 4.79 Å². The maximum Gasteiger partial charge on any atom is 0.279 e. The first kappa shape index (κ1) is 13.9. The highest BCUT2D eigenvalue weighted by atomic mass is 19.1. The number of benzene rings is 1. The van der Waals surface area contributed by atoms with Gasteiger partial charge in [0, 0.05) is 0 Å². The predicted molar refractivity (Wildman–Crippen MR) is 69.0 cm³/mol. The number of hydrogen-bond acceptors (Lipinski definition) is 1. The summed E-state index contributed by atoms with van der Waals surface area (Å²) in [5.41, 5.74) is -0.350. The number of carbonyl (C=O) groups is 1. The minimum absolute atomic E-state index is 0.259. The molecule has 0 aliphatic carbocycles. The van der Waals surface area contributed by atoms with Gasteiger partial charge < -0.3 is 10.2 Å². The Balaban J connectivity index is 1.97. The molecule has 2 N–H and O–H groups in total. The Labute approximate surface area is 111 Å². The number of anilines is 1. The Hall–Kier alpha value is -1.49. The van der Waals surface area contributed by atoms with Crippen LogP contribution in [0.15, 0.2) is 18.2 Å². The molecule has 1 fully saturated rings. The molecule has 1 aliphatic rings. The molecule has 0 saturated carbocycles. The molecule has 1 saturated heterocycles. The molecule has 1 aromatic carbocycles. The van der Waals surface area contributed by atoms with Crippen LogP contribution in [0, 0.1) is 11.6 Å². The lowest BCUT2D eigenvalue weighted by Gasteiger charge is -2.29. The van der Waals surface area contributed by atoms with Crippen LogP contribution in [0.4, 0.5) is 14.5 Å². The molecule has 0 bridgehead atoms. The van der Waals surface area contributed by atoms with Gasteiger partial charge in [0.15, 0.2) is 6.54 Å². The second-order valence-corrected chi connectivity index (χ2v) is 5.13. The normalized spacial score (nSPS) is 23.1. The summed E-state index contributed by atoms with van der Waals surface area (Å²) in [5, 5.41) is 2.34. The highest BCUT2D eigenvalue weighted by molar-refractivity contribution is 5.91. The number of piperidine rings is 1. The maximum absolute atomic E-state index is 13.4. The molecule has 5 heteroatoms. The predicted octanol–water partition coefficient (Wildman–Crippen LogP) is 1.36. The molecular formula is C14H19F2N2O+. The van der Waals surface area contributed by atoms with Crippen LogP contribution in [0.3, 0.4) is 0 Å². The molecule has 1 aromatic rings. The van der Waals surface area contributed by atoms with Gasteiger partial charge in [-0.25, -0.2) is 8.78 Å². The minimum atomic E-state index is -0.741. The Morgan fingerprint density at radius 3 is 2.68 bits per heavy atom. The van der Waals surface area contributed by atoms with E-state index in [1.807, 2.05) is 0 Å². The minimum Gasteiger partial charge on any atom is -0.325 e. The van der Waals surface area contributed by atoms with E-state index in [0.29, 0.717) is 6.04 Å². The van der Waals surface area contributed by atoms with Crippen LogP contribution in [0.5, 0.6) is 0 Å². The van der Waals surface area contributed by atoms with Crippen molar-refractivity contribution >= 4 is 11.6 Å². The van der Waals surface area contributed by atoms with Gasteiger partial charge in [0.2, 0.25) is 0 Å². The lowest BCUT2D eigenvalue weighted by atomic mass is 10.0. The van der Waals surface area contributed by atoms with E-state index in [-0.39, 0.29) is 18.1 Å². The summed E-state index contributed by atoms with van der Waals surface area (Å²) < 4.78 is 26.8. The van der Waals surface area contributed by atoms with E-state index in [2.05, 4.69) is 12.2 Å². The first-order chi connectivity index (χ1) is 9.08. The molecule has 19 heavy (non-hydrogen) atoms. The number of likely N-dealkylation sites (tertiary alicyclic amines) is 1. The van der Waals surface area contributed by atoms with E-state index >= 15 is 0 Å². The van der Waals surface area contributed by atoms with Gasteiger partial charge in [-0.2, -0.15) is 0 Å². The lowest BCUT2D eigenvalue weighted by molar-refractivity contribution is -0.920. The standard InChI is InChI=1S/C14H18F2N2O/c1-10-5-2-3-8-18(10)9-13(19)17-14-11(15)6-4-7-12(14)16/h4,6-7,10H,2-3,5,8-9H2,1H3,(H,17,19)/p+1/t10-/m1/s1. The molecule has 1 aliphatic heterocycles. The Morgan fingerprint density at radius 2 is 2.05 bits per heavy atom. The fourth-order valence-electron chi connectivity index (χ4n) is 2.52. The number of hydrogen-bond donors (Lipinski definition) is 2. The van der Waals surface area contributed by atoms with Crippen LogP contribution in [-0.4, -0.2) is 25.0 Å². The van der Waals surface area contributed by atoms with Gasteiger partial charge in [-0.05, 0) is 38.3 Å². The Morgan fingerprint density at radius 1 is 1.37 bits per heavy atom. The largest absolute Gasteiger partial charge is 0.325 e. The van der Waals surface area contributed by atoms with Crippen LogP contribution in [-0.2, 0) is 4.79 Å². The number of para-hydroxylation sites is 1. The highest BCUT2D eigenvalue weighted by Gasteiger charge is 2.24. The molecule has 0 spiro atoms. The van der Waals surface area contributed by atoms with Crippen LogP contribution < -0.4 is 10.2 Å². The smallest absolute Gasteiger partial charge is 0.279 e. The number of quaternary nitrogens is 1. The van der Waals surface area contributed by atoms with Crippen molar-refractivity contribution in [1.29, 1.82) is 0 Å². The average molecular weight is 269 g/mol. The summed E-state index contributed by atoms with van der Waals surface area (Å²) in [6.07, 6.45) is 3.38. The van der Waals surface area contributed by atoms with Gasteiger partial charge >= 0.3 is 0 Å². The van der Waals surface area contributed by atoms with Crippen molar-refractivity contribution in [2.24, 2.45) is 0 Å². The molecule has 2 rings (SSSR count). The molecule has 1 heterocycles. The molecule has 3 nitrogen and oxygen atoms in total. The zero-order valence-electron chi connectivity index (χ0n) is 11.0. The molecule has 0 aromatic heterocycles. The number of nitrogens with one attached hydrogen (secondary N) is 2. The summed E-state index contributed by atoms with van der Waals surface area (Å²) in [4.78, 5) is 13.0. The number of rotatable bonds is 3. The van der Waals surface area contributed by atoms with E-state index in [0.717, 1.165) is 31.5 Å². The maximum atomic E-state index is 13.4. The van der Waals surface area contributed by atoms with Crippen LogP contribution in [0.2, 0.25) is 0 Å². The van der Waals surface area contributed by atoms with Crippen molar-refractivity contribution in [2.75, 3.05) is 18.4 Å². The van der Waals surface area contributed by atoms with Crippen molar-refractivity contribution in [3.63, 3.8) is 0 Å². The van der Waals surface area contributed by atoms with E-state index < -0.39 is 11.6 Å². The summed E-state index contributed by atoms with van der Waals surface area (Å²) in [7, 11) is 0.